The number of carbonyl (C=O) groups is 2. The molecule has 10 heteroatoms. The number of carbonyl (C=O) groups excluding carboxylic acids is 1. The Bertz CT molecular complexity index is 814. The van der Waals surface area contributed by atoms with Crippen molar-refractivity contribution in [1.29, 1.82) is 5.26 Å². The van der Waals surface area contributed by atoms with Crippen LogP contribution in [-0.4, -0.2) is 59.4 Å². The number of nitrogens with zero attached hydrogens (tertiary/aromatic N) is 3. The summed E-state index contributed by atoms with van der Waals surface area (Å²) in [5, 5.41) is 18.5. The van der Waals surface area contributed by atoms with Crippen molar-refractivity contribution in [1.82, 2.24) is 9.80 Å². The minimum absolute atomic E-state index is 0.0765. The van der Waals surface area contributed by atoms with Crippen molar-refractivity contribution in [3.63, 3.8) is 0 Å². The van der Waals surface area contributed by atoms with E-state index in [1.54, 1.807) is 4.90 Å². The molecule has 30 heavy (non-hydrogen) atoms. The van der Waals surface area contributed by atoms with Gasteiger partial charge in [-0.25, -0.2) is 4.79 Å². The number of carboxylic acid groups (broad SMARTS) is 1. The molecule has 2 aliphatic rings. The number of ether oxygens (including phenoxy) is 1. The largest absolute Gasteiger partial charge is 0.573 e. The number of nitriles is 1. The van der Waals surface area contributed by atoms with E-state index in [1.165, 1.54) is 29.2 Å². The molecule has 1 aromatic rings. The normalized spacial score (nSPS) is 23.0. The van der Waals surface area contributed by atoms with Crippen molar-refractivity contribution in [2.24, 2.45) is 11.8 Å². The molecule has 2 heterocycles. The Morgan fingerprint density at radius 1 is 1.10 bits per heavy atom. The number of likely N-dealkylation sites (tertiary alicyclic amines) is 2. The first kappa shape index (κ1) is 21.7. The molecule has 0 saturated carbocycles. The fourth-order valence-corrected chi connectivity index (χ4v) is 4.02. The van der Waals surface area contributed by atoms with Crippen LogP contribution in [0.4, 0.5) is 18.0 Å². The fourth-order valence-electron chi connectivity index (χ4n) is 4.02. The summed E-state index contributed by atoms with van der Waals surface area (Å²) in [6, 6.07) is 7.25. The topological polar surface area (TPSA) is 93.9 Å². The molecular formula is C20H22F3N3O4. The molecule has 0 spiro atoms. The van der Waals surface area contributed by atoms with Crippen molar-refractivity contribution in [3.8, 4) is 11.8 Å². The van der Waals surface area contributed by atoms with E-state index >= 15 is 0 Å². The summed E-state index contributed by atoms with van der Waals surface area (Å²) in [5.74, 6) is -2.54. The zero-order valence-corrected chi connectivity index (χ0v) is 16.1. The molecule has 0 aromatic heterocycles. The molecular weight excluding hydrogens is 403 g/mol. The van der Waals surface area contributed by atoms with Crippen LogP contribution in [0, 0.1) is 23.2 Å². The molecule has 0 radical (unpaired) electrons. The third-order valence-electron chi connectivity index (χ3n) is 5.60. The Hall–Kier alpha value is -2.96. The fraction of sp³-hybridized carbons (Fsp3) is 0.550. The molecule has 1 aromatic carbocycles. The molecule has 3 rings (SSSR count). The summed E-state index contributed by atoms with van der Waals surface area (Å²) in [4.78, 5) is 27.7. The van der Waals surface area contributed by atoms with Gasteiger partial charge in [-0.2, -0.15) is 5.26 Å². The molecule has 2 aliphatic heterocycles. The molecule has 7 nitrogen and oxygen atoms in total. The van der Waals surface area contributed by atoms with E-state index in [-0.39, 0.29) is 43.1 Å². The molecule has 162 valence electrons. The molecule has 2 atom stereocenters. The Morgan fingerprint density at radius 2 is 1.73 bits per heavy atom. The minimum atomic E-state index is -4.79. The summed E-state index contributed by atoms with van der Waals surface area (Å²) in [6.45, 7) is 1.25. The second kappa shape index (κ2) is 8.81. The van der Waals surface area contributed by atoms with Gasteiger partial charge in [-0.3, -0.25) is 4.79 Å². The van der Waals surface area contributed by atoms with Crippen molar-refractivity contribution < 1.29 is 32.6 Å². The van der Waals surface area contributed by atoms with Gasteiger partial charge in [0.05, 0.1) is 12.0 Å². The summed E-state index contributed by atoms with van der Waals surface area (Å²) in [7, 11) is 0. The van der Waals surface area contributed by atoms with E-state index in [0.29, 0.717) is 31.5 Å². The van der Waals surface area contributed by atoms with E-state index in [4.69, 9.17) is 5.26 Å². The quantitative estimate of drug-likeness (QED) is 0.801. The number of piperidine rings is 2. The molecule has 2 fully saturated rings. The van der Waals surface area contributed by atoms with Crippen LogP contribution in [0.25, 0.3) is 0 Å². The van der Waals surface area contributed by atoms with Crippen LogP contribution in [-0.2, 0) is 4.79 Å². The maximum Gasteiger partial charge on any atom is 0.573 e. The first-order valence-corrected chi connectivity index (χ1v) is 9.68. The SMILES string of the molecule is N#CC1CCN(C(=O)N2CC(C(=O)O)CC(c3ccc(OC(F)(F)F)cc3)C2)CC1. The lowest BCUT2D eigenvalue weighted by atomic mass is 9.84. The van der Waals surface area contributed by atoms with E-state index < -0.39 is 18.2 Å². The number of alkyl halides is 3. The van der Waals surface area contributed by atoms with E-state index in [9.17, 15) is 27.9 Å². The summed E-state index contributed by atoms with van der Waals surface area (Å²) < 4.78 is 40.9. The lowest BCUT2D eigenvalue weighted by Crippen LogP contribution is -2.52. The molecule has 2 saturated heterocycles. The van der Waals surface area contributed by atoms with E-state index in [0.717, 1.165) is 0 Å². The van der Waals surface area contributed by atoms with Gasteiger partial charge < -0.3 is 19.6 Å². The van der Waals surface area contributed by atoms with Gasteiger partial charge in [0.1, 0.15) is 5.75 Å². The van der Waals surface area contributed by atoms with Gasteiger partial charge in [0, 0.05) is 38.0 Å². The van der Waals surface area contributed by atoms with Gasteiger partial charge in [-0.05, 0) is 37.0 Å². The smallest absolute Gasteiger partial charge is 0.481 e. The van der Waals surface area contributed by atoms with Crippen LogP contribution in [0.2, 0.25) is 0 Å². The summed E-state index contributed by atoms with van der Waals surface area (Å²) >= 11 is 0. The number of halogens is 3. The first-order valence-electron chi connectivity index (χ1n) is 9.68. The van der Waals surface area contributed by atoms with Crippen molar-refractivity contribution in [2.75, 3.05) is 26.2 Å². The Morgan fingerprint density at radius 3 is 2.27 bits per heavy atom. The number of hydrogen-bond donors (Lipinski definition) is 1. The number of carboxylic acids is 1. The third kappa shape index (κ3) is 5.34. The standard InChI is InChI=1S/C20H22F3N3O4/c21-20(22,23)30-17-3-1-14(2-4-17)15-9-16(18(27)28)12-26(11-15)19(29)25-7-5-13(10-24)6-8-25/h1-4,13,15-16H,5-9,11-12H2,(H,27,28). The zero-order valence-electron chi connectivity index (χ0n) is 16.1. The summed E-state index contributed by atoms with van der Waals surface area (Å²) in [5.41, 5.74) is 0.650. The van der Waals surface area contributed by atoms with Gasteiger partial charge in [-0.1, -0.05) is 12.1 Å². The molecule has 0 bridgehead atoms. The first-order chi connectivity index (χ1) is 14.2. The maximum atomic E-state index is 12.9. The van der Waals surface area contributed by atoms with Crippen LogP contribution in [0.3, 0.4) is 0 Å². The number of urea groups is 1. The van der Waals surface area contributed by atoms with Gasteiger partial charge in [0.25, 0.3) is 0 Å². The Kier molecular flexibility index (Phi) is 6.39. The number of aliphatic carboxylic acids is 1. The second-order valence-corrected chi connectivity index (χ2v) is 7.66. The highest BCUT2D eigenvalue weighted by Crippen LogP contribution is 2.33. The average Bonchev–Trinajstić information content (AvgIpc) is 2.72. The Labute approximate surface area is 171 Å². The number of amides is 2. The van der Waals surface area contributed by atoms with Gasteiger partial charge >= 0.3 is 18.4 Å². The van der Waals surface area contributed by atoms with Gasteiger partial charge in [0.15, 0.2) is 0 Å². The van der Waals surface area contributed by atoms with Gasteiger partial charge in [0.2, 0.25) is 0 Å². The zero-order chi connectivity index (χ0) is 21.9. The highest BCUT2D eigenvalue weighted by atomic mass is 19.4. The molecule has 0 aliphatic carbocycles. The minimum Gasteiger partial charge on any atom is -0.481 e. The van der Waals surface area contributed by atoms with Crippen molar-refractivity contribution >= 4 is 12.0 Å². The van der Waals surface area contributed by atoms with Crippen molar-refractivity contribution in [2.45, 2.75) is 31.5 Å². The third-order valence-corrected chi connectivity index (χ3v) is 5.60. The summed E-state index contributed by atoms with van der Waals surface area (Å²) in [6.07, 6.45) is -3.33. The highest BCUT2D eigenvalue weighted by Gasteiger charge is 2.37. The van der Waals surface area contributed by atoms with Crippen LogP contribution < -0.4 is 4.74 Å². The number of benzene rings is 1. The van der Waals surface area contributed by atoms with Crippen molar-refractivity contribution in [3.05, 3.63) is 29.8 Å². The van der Waals surface area contributed by atoms with Gasteiger partial charge in [-0.15, -0.1) is 13.2 Å². The average molecular weight is 425 g/mol. The molecule has 2 amide bonds. The predicted octanol–water partition coefficient (Wildman–Crippen LogP) is 3.43. The maximum absolute atomic E-state index is 12.9. The molecule has 2 unspecified atom stereocenters. The predicted molar refractivity (Wildman–Crippen MR) is 98.5 cm³/mol. The van der Waals surface area contributed by atoms with Crippen LogP contribution >= 0.6 is 0 Å². The van der Waals surface area contributed by atoms with Crippen LogP contribution in [0.1, 0.15) is 30.7 Å². The second-order valence-electron chi connectivity index (χ2n) is 7.66. The molecule has 1 N–H and O–H groups in total. The number of rotatable bonds is 3. The van der Waals surface area contributed by atoms with E-state index in [1.807, 2.05) is 0 Å². The number of hydrogen-bond acceptors (Lipinski definition) is 4. The monoisotopic (exact) mass is 425 g/mol. The van der Waals surface area contributed by atoms with E-state index in [2.05, 4.69) is 10.8 Å². The Balaban J connectivity index is 1.72. The lowest BCUT2D eigenvalue weighted by Gasteiger charge is -2.40. The van der Waals surface area contributed by atoms with Crippen LogP contribution in [0.5, 0.6) is 5.75 Å². The van der Waals surface area contributed by atoms with Crippen LogP contribution in [0.15, 0.2) is 24.3 Å². The lowest BCUT2D eigenvalue weighted by molar-refractivity contribution is -0.274. The highest BCUT2D eigenvalue weighted by molar-refractivity contribution is 5.77.